The molecule has 1 spiro atoms. The summed E-state index contributed by atoms with van der Waals surface area (Å²) in [4.78, 5) is 0. The molecule has 2 nitrogen and oxygen atoms in total. The van der Waals surface area contributed by atoms with Crippen LogP contribution in [0.25, 0.3) is 49.7 Å². The van der Waals surface area contributed by atoms with Crippen LogP contribution in [-0.2, 0) is 5.41 Å². The van der Waals surface area contributed by atoms with Gasteiger partial charge in [-0.1, -0.05) is 109 Å². The predicted molar refractivity (Wildman–Crippen MR) is 154 cm³/mol. The molecule has 0 fully saturated rings. The molecular formula is C36H22N2. The molecule has 0 radical (unpaired) electrons. The van der Waals surface area contributed by atoms with Crippen molar-refractivity contribution in [1.29, 1.82) is 0 Å². The molecule has 176 valence electrons. The van der Waals surface area contributed by atoms with Crippen LogP contribution >= 0.6 is 0 Å². The van der Waals surface area contributed by atoms with Gasteiger partial charge in [0.2, 0.25) is 0 Å². The lowest BCUT2D eigenvalue weighted by Gasteiger charge is -2.30. The standard InChI is InChI=1S/C36H22N2/c1-2-10-25-22-38-35(20-23(25)9-1)30(21-37-38)24-17-18-29-28-13-5-8-16-33(28)36(34(29)19-24)31-14-6-3-11-26(31)27-12-4-7-15-32(27)36/h1-22H. The molecule has 5 aromatic carbocycles. The van der Waals surface area contributed by atoms with E-state index in [0.717, 1.165) is 11.1 Å². The molecule has 0 aliphatic heterocycles. The molecule has 7 aromatic rings. The van der Waals surface area contributed by atoms with E-state index in [0.29, 0.717) is 0 Å². The van der Waals surface area contributed by atoms with Crippen molar-refractivity contribution in [2.24, 2.45) is 0 Å². The van der Waals surface area contributed by atoms with Crippen molar-refractivity contribution in [2.75, 3.05) is 0 Å². The summed E-state index contributed by atoms with van der Waals surface area (Å²) in [5.41, 5.74) is 13.9. The number of hydrogen-bond acceptors (Lipinski definition) is 1. The fourth-order valence-corrected chi connectivity index (χ4v) is 7.14. The third-order valence-corrected chi connectivity index (χ3v) is 8.69. The van der Waals surface area contributed by atoms with Gasteiger partial charge in [0.15, 0.2) is 0 Å². The molecule has 2 aliphatic carbocycles. The molecule has 0 unspecified atom stereocenters. The molecule has 2 aromatic heterocycles. The smallest absolute Gasteiger partial charge is 0.0746 e. The molecule has 0 amide bonds. The summed E-state index contributed by atoms with van der Waals surface area (Å²) in [6.45, 7) is 0. The Hall–Kier alpha value is -4.95. The van der Waals surface area contributed by atoms with E-state index in [1.807, 2.05) is 10.7 Å². The summed E-state index contributed by atoms with van der Waals surface area (Å²) in [5.74, 6) is 0. The van der Waals surface area contributed by atoms with E-state index in [4.69, 9.17) is 5.10 Å². The second kappa shape index (κ2) is 7.08. The lowest BCUT2D eigenvalue weighted by Crippen LogP contribution is -2.25. The van der Waals surface area contributed by atoms with Crippen LogP contribution < -0.4 is 0 Å². The maximum Gasteiger partial charge on any atom is 0.0746 e. The van der Waals surface area contributed by atoms with Gasteiger partial charge in [-0.25, -0.2) is 4.52 Å². The van der Waals surface area contributed by atoms with Gasteiger partial charge >= 0.3 is 0 Å². The van der Waals surface area contributed by atoms with Gasteiger partial charge in [0.1, 0.15) is 0 Å². The quantitative estimate of drug-likeness (QED) is 0.229. The molecule has 2 aliphatic rings. The lowest BCUT2D eigenvalue weighted by atomic mass is 9.70. The maximum atomic E-state index is 4.76. The Morgan fingerprint density at radius 2 is 1.03 bits per heavy atom. The summed E-state index contributed by atoms with van der Waals surface area (Å²) in [6.07, 6.45) is 4.14. The molecule has 0 saturated carbocycles. The van der Waals surface area contributed by atoms with Crippen LogP contribution in [0.15, 0.2) is 134 Å². The topological polar surface area (TPSA) is 17.3 Å². The Labute approximate surface area is 220 Å². The SMILES string of the molecule is c1ccc2c(c1)-c1ccccc1C21c2ccccc2-c2ccc(-c3cnn4cc5ccccc5cc34)cc21. The van der Waals surface area contributed by atoms with Crippen molar-refractivity contribution in [1.82, 2.24) is 9.61 Å². The Kier molecular flexibility index (Phi) is 3.76. The number of benzene rings is 5. The van der Waals surface area contributed by atoms with Crippen molar-refractivity contribution >= 4 is 16.3 Å². The Bertz CT molecular complexity index is 2030. The highest BCUT2D eigenvalue weighted by Crippen LogP contribution is 2.63. The van der Waals surface area contributed by atoms with Crippen molar-refractivity contribution < 1.29 is 0 Å². The van der Waals surface area contributed by atoms with Crippen LogP contribution in [0.5, 0.6) is 0 Å². The number of rotatable bonds is 1. The first-order valence-corrected chi connectivity index (χ1v) is 13.1. The summed E-state index contributed by atoms with van der Waals surface area (Å²) in [5, 5.41) is 7.17. The van der Waals surface area contributed by atoms with E-state index < -0.39 is 0 Å². The Balaban J connectivity index is 1.37. The molecule has 0 bridgehead atoms. The van der Waals surface area contributed by atoms with E-state index in [2.05, 4.69) is 128 Å². The van der Waals surface area contributed by atoms with Gasteiger partial charge in [0.25, 0.3) is 0 Å². The zero-order valence-electron chi connectivity index (χ0n) is 20.6. The summed E-state index contributed by atoms with van der Waals surface area (Å²) in [7, 11) is 0. The fourth-order valence-electron chi connectivity index (χ4n) is 7.14. The van der Waals surface area contributed by atoms with Gasteiger partial charge in [-0.2, -0.15) is 5.10 Å². The number of nitrogens with zero attached hydrogens (tertiary/aromatic N) is 2. The zero-order chi connectivity index (χ0) is 24.8. The first-order chi connectivity index (χ1) is 18.8. The zero-order valence-corrected chi connectivity index (χ0v) is 20.6. The average Bonchev–Trinajstić information content (AvgIpc) is 3.62. The van der Waals surface area contributed by atoms with Crippen molar-refractivity contribution in [2.45, 2.75) is 5.41 Å². The van der Waals surface area contributed by atoms with Gasteiger partial charge in [-0.3, -0.25) is 0 Å². The minimum atomic E-state index is -0.329. The molecular weight excluding hydrogens is 460 g/mol. The molecule has 0 saturated heterocycles. The number of fused-ring (bicyclic) bond motifs is 12. The third kappa shape index (κ3) is 2.36. The van der Waals surface area contributed by atoms with Crippen molar-refractivity contribution in [3.8, 4) is 33.4 Å². The maximum absolute atomic E-state index is 4.76. The van der Waals surface area contributed by atoms with Crippen molar-refractivity contribution in [3.63, 3.8) is 0 Å². The van der Waals surface area contributed by atoms with Crippen LogP contribution in [0.2, 0.25) is 0 Å². The molecule has 0 atom stereocenters. The first-order valence-electron chi connectivity index (χ1n) is 13.1. The van der Waals surface area contributed by atoms with E-state index in [1.54, 1.807) is 0 Å². The van der Waals surface area contributed by atoms with Gasteiger partial charge in [-0.15, -0.1) is 0 Å². The van der Waals surface area contributed by atoms with Crippen LogP contribution in [0.1, 0.15) is 22.3 Å². The Morgan fingerprint density at radius 3 is 1.68 bits per heavy atom. The van der Waals surface area contributed by atoms with Crippen LogP contribution in [0.4, 0.5) is 0 Å². The normalized spacial score (nSPS) is 14.0. The molecule has 2 heterocycles. The van der Waals surface area contributed by atoms with Crippen molar-refractivity contribution in [3.05, 3.63) is 156 Å². The molecule has 38 heavy (non-hydrogen) atoms. The molecule has 0 N–H and O–H groups in total. The molecule has 9 rings (SSSR count). The number of pyridine rings is 1. The second-order valence-corrected chi connectivity index (χ2v) is 10.4. The van der Waals surface area contributed by atoms with E-state index in [1.165, 1.54) is 60.8 Å². The van der Waals surface area contributed by atoms with Gasteiger partial charge in [0.05, 0.1) is 17.1 Å². The first kappa shape index (κ1) is 20.1. The predicted octanol–water partition coefficient (Wildman–Crippen LogP) is 8.50. The number of hydrogen-bond donors (Lipinski definition) is 0. The fraction of sp³-hybridized carbons (Fsp3) is 0.0278. The van der Waals surface area contributed by atoms with Crippen LogP contribution in [0, 0.1) is 0 Å². The minimum absolute atomic E-state index is 0.329. The largest absolute Gasteiger partial charge is 0.240 e. The Morgan fingerprint density at radius 1 is 0.474 bits per heavy atom. The van der Waals surface area contributed by atoms with E-state index >= 15 is 0 Å². The highest BCUT2D eigenvalue weighted by atomic mass is 15.2. The second-order valence-electron chi connectivity index (χ2n) is 10.4. The highest BCUT2D eigenvalue weighted by Gasteiger charge is 2.51. The lowest BCUT2D eigenvalue weighted by molar-refractivity contribution is 0.794. The molecule has 2 heteroatoms. The average molecular weight is 483 g/mol. The monoisotopic (exact) mass is 482 g/mol. The van der Waals surface area contributed by atoms with Gasteiger partial charge in [-0.05, 0) is 67.6 Å². The van der Waals surface area contributed by atoms with E-state index in [-0.39, 0.29) is 5.41 Å². The highest BCUT2D eigenvalue weighted by molar-refractivity contribution is 5.97. The van der Waals surface area contributed by atoms with Crippen LogP contribution in [-0.4, -0.2) is 9.61 Å². The number of aromatic nitrogens is 2. The summed E-state index contributed by atoms with van der Waals surface area (Å²) >= 11 is 0. The van der Waals surface area contributed by atoms with Crippen LogP contribution in [0.3, 0.4) is 0 Å². The van der Waals surface area contributed by atoms with Gasteiger partial charge in [0, 0.05) is 17.1 Å². The minimum Gasteiger partial charge on any atom is -0.240 e. The summed E-state index contributed by atoms with van der Waals surface area (Å²) < 4.78 is 2.01. The third-order valence-electron chi connectivity index (χ3n) is 8.69. The van der Waals surface area contributed by atoms with Gasteiger partial charge < -0.3 is 0 Å². The summed E-state index contributed by atoms with van der Waals surface area (Å²) in [6, 6.07) is 44.7. The van der Waals surface area contributed by atoms with E-state index in [9.17, 15) is 0 Å².